The maximum atomic E-state index is 12.4. The lowest BCUT2D eigenvalue weighted by Crippen LogP contribution is -2.08. The minimum Gasteiger partial charge on any atom is -0.494 e. The Bertz CT molecular complexity index is 887. The zero-order valence-corrected chi connectivity index (χ0v) is 17.4. The zero-order valence-electron chi connectivity index (χ0n) is 17.4. The van der Waals surface area contributed by atoms with Gasteiger partial charge >= 0.3 is 5.97 Å². The van der Waals surface area contributed by atoms with Crippen LogP contribution in [0.15, 0.2) is 78.9 Å². The molecule has 0 radical (unpaired) electrons. The van der Waals surface area contributed by atoms with Gasteiger partial charge in [-0.1, -0.05) is 56.5 Å². The number of esters is 1. The van der Waals surface area contributed by atoms with Gasteiger partial charge in [0.1, 0.15) is 23.9 Å². The molecule has 0 bridgehead atoms. The Hall–Kier alpha value is -3.27. The van der Waals surface area contributed by atoms with Crippen molar-refractivity contribution in [2.45, 2.75) is 39.2 Å². The Kier molecular flexibility index (Phi) is 8.34. The number of unbranched alkanes of at least 4 members (excludes halogenated alkanes) is 3. The number of rotatable bonds is 11. The SMILES string of the molecule is CCCCCCOc1ccc(OC(=O)c2ccc(OCc3ccccc3)cc2)cc1. The molecule has 0 spiro atoms. The summed E-state index contributed by atoms with van der Waals surface area (Å²) in [4.78, 5) is 12.4. The lowest BCUT2D eigenvalue weighted by molar-refractivity contribution is 0.0734. The summed E-state index contributed by atoms with van der Waals surface area (Å²) in [7, 11) is 0. The van der Waals surface area contributed by atoms with Crippen LogP contribution in [0.2, 0.25) is 0 Å². The predicted molar refractivity (Wildman–Crippen MR) is 118 cm³/mol. The Morgan fingerprint density at radius 1 is 0.700 bits per heavy atom. The third-order valence-corrected chi connectivity index (χ3v) is 4.64. The number of carbonyl (C=O) groups is 1. The first-order chi connectivity index (χ1) is 14.7. The molecule has 3 rings (SSSR count). The van der Waals surface area contributed by atoms with Crippen LogP contribution >= 0.6 is 0 Å². The molecule has 0 heterocycles. The van der Waals surface area contributed by atoms with Crippen LogP contribution in [0.25, 0.3) is 0 Å². The number of hydrogen-bond donors (Lipinski definition) is 0. The van der Waals surface area contributed by atoms with Gasteiger partial charge in [-0.25, -0.2) is 4.79 Å². The standard InChI is InChI=1S/C26H28O4/c1-2-3-4-8-19-28-23-15-17-25(18-16-23)30-26(27)22-11-13-24(14-12-22)29-20-21-9-6-5-7-10-21/h5-7,9-18H,2-4,8,19-20H2,1H3. The highest BCUT2D eigenvalue weighted by molar-refractivity contribution is 5.91. The molecule has 4 nitrogen and oxygen atoms in total. The van der Waals surface area contributed by atoms with Gasteiger partial charge in [0.05, 0.1) is 12.2 Å². The number of carbonyl (C=O) groups excluding carboxylic acids is 1. The highest BCUT2D eigenvalue weighted by Gasteiger charge is 2.09. The van der Waals surface area contributed by atoms with E-state index < -0.39 is 5.97 Å². The molecule has 0 saturated heterocycles. The van der Waals surface area contributed by atoms with E-state index in [1.807, 2.05) is 42.5 Å². The van der Waals surface area contributed by atoms with Crippen LogP contribution in [0.4, 0.5) is 0 Å². The third-order valence-electron chi connectivity index (χ3n) is 4.64. The van der Waals surface area contributed by atoms with Crippen LogP contribution in [0.5, 0.6) is 17.2 Å². The van der Waals surface area contributed by atoms with E-state index in [4.69, 9.17) is 14.2 Å². The minimum atomic E-state index is -0.405. The molecule has 3 aromatic rings. The molecule has 3 aromatic carbocycles. The van der Waals surface area contributed by atoms with Crippen molar-refractivity contribution in [3.63, 3.8) is 0 Å². The quantitative estimate of drug-likeness (QED) is 0.209. The summed E-state index contributed by atoms with van der Waals surface area (Å²) < 4.78 is 16.9. The van der Waals surface area contributed by atoms with Gasteiger partial charge < -0.3 is 14.2 Å². The summed E-state index contributed by atoms with van der Waals surface area (Å²) in [5.74, 6) is 1.57. The van der Waals surface area contributed by atoms with Crippen molar-refractivity contribution in [2.75, 3.05) is 6.61 Å². The molecule has 0 saturated carbocycles. The maximum absolute atomic E-state index is 12.4. The Morgan fingerprint density at radius 2 is 1.33 bits per heavy atom. The molecular formula is C26H28O4. The lowest BCUT2D eigenvalue weighted by Gasteiger charge is -2.09. The Labute approximate surface area is 178 Å². The average Bonchev–Trinajstić information content (AvgIpc) is 2.79. The van der Waals surface area contributed by atoms with Crippen molar-refractivity contribution in [1.82, 2.24) is 0 Å². The summed E-state index contributed by atoms with van der Waals surface area (Å²) in [6.07, 6.45) is 4.68. The molecular weight excluding hydrogens is 376 g/mol. The second-order valence-corrected chi connectivity index (χ2v) is 7.07. The van der Waals surface area contributed by atoms with E-state index in [-0.39, 0.29) is 0 Å². The van der Waals surface area contributed by atoms with Crippen molar-refractivity contribution in [2.24, 2.45) is 0 Å². The summed E-state index contributed by atoms with van der Waals surface area (Å²) in [6.45, 7) is 3.38. The van der Waals surface area contributed by atoms with Gasteiger partial charge in [-0.15, -0.1) is 0 Å². The van der Waals surface area contributed by atoms with Gasteiger partial charge in [-0.3, -0.25) is 0 Å². The molecule has 0 aromatic heterocycles. The van der Waals surface area contributed by atoms with Gasteiger partial charge in [0, 0.05) is 0 Å². The van der Waals surface area contributed by atoms with Gasteiger partial charge in [0.25, 0.3) is 0 Å². The fraction of sp³-hybridized carbons (Fsp3) is 0.269. The third kappa shape index (κ3) is 6.96. The monoisotopic (exact) mass is 404 g/mol. The molecule has 30 heavy (non-hydrogen) atoms. The molecule has 4 heteroatoms. The average molecular weight is 405 g/mol. The highest BCUT2D eigenvalue weighted by atomic mass is 16.5. The first-order valence-electron chi connectivity index (χ1n) is 10.5. The van der Waals surface area contributed by atoms with Crippen LogP contribution in [-0.4, -0.2) is 12.6 Å². The van der Waals surface area contributed by atoms with Crippen LogP contribution in [0, 0.1) is 0 Å². The van der Waals surface area contributed by atoms with Gasteiger partial charge in [0.2, 0.25) is 0 Å². The van der Waals surface area contributed by atoms with Crippen LogP contribution in [0.1, 0.15) is 48.5 Å². The van der Waals surface area contributed by atoms with Crippen LogP contribution < -0.4 is 14.2 Å². The van der Waals surface area contributed by atoms with Gasteiger partial charge in [0.15, 0.2) is 0 Å². The van der Waals surface area contributed by atoms with Crippen LogP contribution in [0.3, 0.4) is 0 Å². The Balaban J connectivity index is 1.46. The van der Waals surface area contributed by atoms with Gasteiger partial charge in [-0.2, -0.15) is 0 Å². The molecule has 0 amide bonds. The summed E-state index contributed by atoms with van der Waals surface area (Å²) in [5.41, 5.74) is 1.56. The summed E-state index contributed by atoms with van der Waals surface area (Å²) in [5, 5.41) is 0. The van der Waals surface area contributed by atoms with Crippen LogP contribution in [-0.2, 0) is 6.61 Å². The van der Waals surface area contributed by atoms with E-state index in [9.17, 15) is 4.79 Å². The molecule has 0 atom stereocenters. The fourth-order valence-corrected chi connectivity index (χ4v) is 2.92. The topological polar surface area (TPSA) is 44.8 Å². The van der Waals surface area contributed by atoms with E-state index in [0.717, 1.165) is 17.7 Å². The van der Waals surface area contributed by atoms with Gasteiger partial charge in [-0.05, 0) is 60.5 Å². The molecule has 0 unspecified atom stereocenters. The highest BCUT2D eigenvalue weighted by Crippen LogP contribution is 2.20. The number of benzene rings is 3. The van der Waals surface area contributed by atoms with E-state index >= 15 is 0 Å². The van der Waals surface area contributed by atoms with E-state index in [1.54, 1.807) is 36.4 Å². The summed E-state index contributed by atoms with van der Waals surface area (Å²) in [6, 6.07) is 24.0. The fourth-order valence-electron chi connectivity index (χ4n) is 2.92. The maximum Gasteiger partial charge on any atom is 0.343 e. The van der Waals surface area contributed by atoms with Crippen molar-refractivity contribution in [3.8, 4) is 17.2 Å². The normalized spacial score (nSPS) is 10.4. The largest absolute Gasteiger partial charge is 0.494 e. The van der Waals surface area contributed by atoms with Crippen molar-refractivity contribution in [1.29, 1.82) is 0 Å². The van der Waals surface area contributed by atoms with Crippen molar-refractivity contribution in [3.05, 3.63) is 90.0 Å². The molecule has 0 aliphatic carbocycles. The first-order valence-corrected chi connectivity index (χ1v) is 10.5. The molecule has 156 valence electrons. The van der Waals surface area contributed by atoms with Crippen molar-refractivity contribution < 1.29 is 19.0 Å². The van der Waals surface area contributed by atoms with E-state index in [2.05, 4.69) is 6.92 Å². The summed E-state index contributed by atoms with van der Waals surface area (Å²) >= 11 is 0. The minimum absolute atomic E-state index is 0.405. The smallest absolute Gasteiger partial charge is 0.343 e. The second-order valence-electron chi connectivity index (χ2n) is 7.07. The number of hydrogen-bond acceptors (Lipinski definition) is 4. The predicted octanol–water partition coefficient (Wildman–Crippen LogP) is 6.44. The molecule has 0 N–H and O–H groups in total. The lowest BCUT2D eigenvalue weighted by atomic mass is 10.2. The first kappa shape index (κ1) is 21.4. The second kappa shape index (κ2) is 11.7. The molecule has 0 aliphatic heterocycles. The van der Waals surface area contributed by atoms with E-state index in [1.165, 1.54) is 19.3 Å². The number of ether oxygens (including phenoxy) is 3. The van der Waals surface area contributed by atoms with Crippen molar-refractivity contribution >= 4 is 5.97 Å². The Morgan fingerprint density at radius 3 is 2.03 bits per heavy atom. The van der Waals surface area contributed by atoms with E-state index in [0.29, 0.717) is 30.3 Å². The molecule has 0 aliphatic rings. The molecule has 0 fully saturated rings. The zero-order chi connectivity index (χ0) is 21.0.